The summed E-state index contributed by atoms with van der Waals surface area (Å²) in [4.78, 5) is 2.45. The van der Waals surface area contributed by atoms with Gasteiger partial charge in [-0.1, -0.05) is 18.2 Å². The fourth-order valence-electron chi connectivity index (χ4n) is 3.18. The van der Waals surface area contributed by atoms with E-state index in [0.29, 0.717) is 6.04 Å². The minimum Gasteiger partial charge on any atom is -0.313 e. The molecule has 1 N–H and O–H groups in total. The Morgan fingerprint density at radius 2 is 2.05 bits per heavy atom. The maximum absolute atomic E-state index is 12.8. The van der Waals surface area contributed by atoms with Crippen molar-refractivity contribution in [2.24, 2.45) is 5.92 Å². The third-order valence-corrected chi connectivity index (χ3v) is 4.46. The van der Waals surface area contributed by atoms with Gasteiger partial charge >= 0.3 is 0 Å². The Bertz CT molecular complexity index is 454. The molecule has 1 aliphatic carbocycles. The van der Waals surface area contributed by atoms with E-state index in [2.05, 4.69) is 10.2 Å². The molecule has 2 nitrogen and oxygen atoms in total. The Morgan fingerprint density at radius 3 is 2.71 bits per heavy atom. The molecule has 0 aromatic heterocycles. The molecular formula is C17H24F2N2. The molecule has 1 atom stereocenters. The normalized spacial score (nSPS) is 22.4. The van der Waals surface area contributed by atoms with Gasteiger partial charge in [-0.05, 0) is 49.8 Å². The van der Waals surface area contributed by atoms with Crippen LogP contribution < -0.4 is 5.32 Å². The third kappa shape index (κ3) is 4.48. The Morgan fingerprint density at radius 1 is 1.19 bits per heavy atom. The Labute approximate surface area is 125 Å². The summed E-state index contributed by atoms with van der Waals surface area (Å²) in [5, 5.41) is 3.53. The second-order valence-electron chi connectivity index (χ2n) is 6.48. The van der Waals surface area contributed by atoms with Crippen LogP contribution in [0.2, 0.25) is 0 Å². The van der Waals surface area contributed by atoms with Gasteiger partial charge in [0.2, 0.25) is 0 Å². The van der Waals surface area contributed by atoms with E-state index >= 15 is 0 Å². The molecule has 0 bridgehead atoms. The van der Waals surface area contributed by atoms with Crippen LogP contribution in [-0.4, -0.2) is 30.6 Å². The first-order valence-corrected chi connectivity index (χ1v) is 8.03. The second-order valence-corrected chi connectivity index (χ2v) is 6.48. The number of alkyl halides is 2. The molecule has 2 aliphatic rings. The largest absolute Gasteiger partial charge is 0.313 e. The number of benzene rings is 1. The second kappa shape index (κ2) is 6.84. The van der Waals surface area contributed by atoms with E-state index in [-0.39, 0.29) is 5.56 Å². The Balaban J connectivity index is 1.63. The summed E-state index contributed by atoms with van der Waals surface area (Å²) in [5.41, 5.74) is 1.14. The highest BCUT2D eigenvalue weighted by Crippen LogP contribution is 2.30. The lowest BCUT2D eigenvalue weighted by atomic mass is 10.1. The molecule has 1 saturated heterocycles. The summed E-state index contributed by atoms with van der Waals surface area (Å²) in [7, 11) is 0. The van der Waals surface area contributed by atoms with Crippen molar-refractivity contribution < 1.29 is 8.78 Å². The molecule has 1 unspecified atom stereocenters. The van der Waals surface area contributed by atoms with Crippen LogP contribution in [0.4, 0.5) is 8.78 Å². The highest BCUT2D eigenvalue weighted by atomic mass is 19.3. The molecule has 1 saturated carbocycles. The van der Waals surface area contributed by atoms with Crippen molar-refractivity contribution in [3.8, 4) is 0 Å². The standard InChI is InChI=1S/C17H24F2N2/c18-17(19)15-4-1-3-14(9-15)11-21(10-13-6-7-13)12-16-5-2-8-20-16/h1,3-4,9,13,16-17,20H,2,5-8,10-12H2. The van der Waals surface area contributed by atoms with E-state index < -0.39 is 6.43 Å². The molecule has 0 amide bonds. The van der Waals surface area contributed by atoms with Crippen LogP contribution in [0.25, 0.3) is 0 Å². The third-order valence-electron chi connectivity index (χ3n) is 4.46. The molecule has 116 valence electrons. The predicted molar refractivity (Wildman–Crippen MR) is 80.4 cm³/mol. The van der Waals surface area contributed by atoms with Crippen molar-refractivity contribution in [2.45, 2.75) is 44.7 Å². The van der Waals surface area contributed by atoms with Crippen LogP contribution >= 0.6 is 0 Å². The van der Waals surface area contributed by atoms with Crippen LogP contribution in [-0.2, 0) is 6.54 Å². The summed E-state index contributed by atoms with van der Waals surface area (Å²) in [6.45, 7) is 4.05. The lowest BCUT2D eigenvalue weighted by molar-refractivity contribution is 0.151. The topological polar surface area (TPSA) is 15.3 Å². The van der Waals surface area contributed by atoms with Gasteiger partial charge in [0.05, 0.1) is 0 Å². The highest BCUT2D eigenvalue weighted by molar-refractivity contribution is 5.24. The van der Waals surface area contributed by atoms with Gasteiger partial charge in [0.25, 0.3) is 6.43 Å². The van der Waals surface area contributed by atoms with Crippen LogP contribution in [0.5, 0.6) is 0 Å². The van der Waals surface area contributed by atoms with Crippen molar-refractivity contribution >= 4 is 0 Å². The van der Waals surface area contributed by atoms with Gasteiger partial charge in [0.1, 0.15) is 0 Å². The van der Waals surface area contributed by atoms with E-state index in [1.165, 1.54) is 31.7 Å². The van der Waals surface area contributed by atoms with Crippen LogP contribution in [0.1, 0.15) is 43.2 Å². The van der Waals surface area contributed by atoms with Gasteiger partial charge in [-0.3, -0.25) is 4.90 Å². The lowest BCUT2D eigenvalue weighted by Crippen LogP contribution is -2.38. The summed E-state index contributed by atoms with van der Waals surface area (Å²) in [5.74, 6) is 0.824. The maximum atomic E-state index is 12.8. The lowest BCUT2D eigenvalue weighted by Gasteiger charge is -2.26. The molecule has 1 aromatic carbocycles. The van der Waals surface area contributed by atoms with Crippen LogP contribution in [0, 0.1) is 5.92 Å². The van der Waals surface area contributed by atoms with Gasteiger partial charge in [0.15, 0.2) is 0 Å². The van der Waals surface area contributed by atoms with Gasteiger partial charge in [-0.2, -0.15) is 0 Å². The van der Waals surface area contributed by atoms with Gasteiger partial charge < -0.3 is 5.32 Å². The van der Waals surface area contributed by atoms with Crippen molar-refractivity contribution in [2.75, 3.05) is 19.6 Å². The molecule has 1 aromatic rings. The first-order chi connectivity index (χ1) is 10.2. The molecule has 21 heavy (non-hydrogen) atoms. The van der Waals surface area contributed by atoms with Crippen LogP contribution in [0.15, 0.2) is 24.3 Å². The zero-order valence-electron chi connectivity index (χ0n) is 12.4. The van der Waals surface area contributed by atoms with Crippen molar-refractivity contribution in [1.29, 1.82) is 0 Å². The van der Waals surface area contributed by atoms with Gasteiger partial charge in [-0.15, -0.1) is 0 Å². The van der Waals surface area contributed by atoms with E-state index in [4.69, 9.17) is 0 Å². The molecule has 1 heterocycles. The fraction of sp³-hybridized carbons (Fsp3) is 0.647. The molecule has 0 radical (unpaired) electrons. The molecule has 1 aliphatic heterocycles. The Kier molecular flexibility index (Phi) is 4.86. The highest BCUT2D eigenvalue weighted by Gasteiger charge is 2.26. The van der Waals surface area contributed by atoms with Crippen molar-refractivity contribution in [1.82, 2.24) is 10.2 Å². The Hall–Kier alpha value is -1.00. The van der Waals surface area contributed by atoms with E-state index in [0.717, 1.165) is 37.7 Å². The summed E-state index contributed by atoms with van der Waals surface area (Å²) < 4.78 is 25.6. The van der Waals surface area contributed by atoms with Gasteiger partial charge in [-0.25, -0.2) is 8.78 Å². The number of halogens is 2. The number of nitrogens with one attached hydrogen (secondary N) is 1. The molecule has 2 fully saturated rings. The number of nitrogens with zero attached hydrogens (tertiary/aromatic N) is 1. The van der Waals surface area contributed by atoms with Crippen molar-refractivity contribution in [3.63, 3.8) is 0 Å². The first-order valence-electron chi connectivity index (χ1n) is 8.03. The van der Waals surface area contributed by atoms with Gasteiger partial charge in [0, 0.05) is 31.2 Å². The van der Waals surface area contributed by atoms with Crippen LogP contribution in [0.3, 0.4) is 0 Å². The quantitative estimate of drug-likeness (QED) is 0.827. The number of hydrogen-bond acceptors (Lipinski definition) is 2. The zero-order valence-corrected chi connectivity index (χ0v) is 12.4. The average Bonchev–Trinajstić information content (AvgIpc) is 3.12. The molecule has 0 spiro atoms. The zero-order chi connectivity index (χ0) is 14.7. The maximum Gasteiger partial charge on any atom is 0.263 e. The smallest absolute Gasteiger partial charge is 0.263 e. The SMILES string of the molecule is FC(F)c1cccc(CN(CC2CC2)CC2CCCN2)c1. The fourth-order valence-corrected chi connectivity index (χ4v) is 3.18. The summed E-state index contributed by atoms with van der Waals surface area (Å²) >= 11 is 0. The number of rotatable bonds is 7. The van der Waals surface area contributed by atoms with E-state index in [1.54, 1.807) is 12.1 Å². The summed E-state index contributed by atoms with van der Waals surface area (Å²) in [6, 6.07) is 7.46. The van der Waals surface area contributed by atoms with E-state index in [1.807, 2.05) is 6.07 Å². The minimum atomic E-state index is -2.38. The minimum absolute atomic E-state index is 0.137. The monoisotopic (exact) mass is 294 g/mol. The van der Waals surface area contributed by atoms with E-state index in [9.17, 15) is 8.78 Å². The van der Waals surface area contributed by atoms with Crippen molar-refractivity contribution in [3.05, 3.63) is 35.4 Å². The average molecular weight is 294 g/mol. The molecule has 4 heteroatoms. The number of hydrogen-bond donors (Lipinski definition) is 1. The molecule has 3 rings (SSSR count). The predicted octanol–water partition coefficient (Wildman–Crippen LogP) is 3.59. The first kappa shape index (κ1) is 14.9. The molecular weight excluding hydrogens is 270 g/mol. The summed E-state index contributed by atoms with van der Waals surface area (Å²) in [6.07, 6.45) is 2.76.